The average Bonchev–Trinajstić information content (AvgIpc) is 2.56. The first-order valence-electron chi connectivity index (χ1n) is 5.33. The predicted molar refractivity (Wildman–Crippen MR) is 57.2 cm³/mol. The number of hydrogen-bond acceptors (Lipinski definition) is 3. The summed E-state index contributed by atoms with van der Waals surface area (Å²) in [6, 6.07) is 0.0573. The molecule has 1 aliphatic heterocycles. The third-order valence-corrected chi connectivity index (χ3v) is 2.94. The summed E-state index contributed by atoms with van der Waals surface area (Å²) in [5.74, 6) is 0.261. The molecule has 1 fully saturated rings. The third-order valence-electron chi connectivity index (χ3n) is 2.94. The lowest BCUT2D eigenvalue weighted by Gasteiger charge is -2.20. The molecule has 1 saturated heterocycles. The minimum absolute atomic E-state index is 0.0573. The van der Waals surface area contributed by atoms with Gasteiger partial charge in [-0.25, -0.2) is 0 Å². The van der Waals surface area contributed by atoms with Gasteiger partial charge in [0.1, 0.15) is 0 Å². The van der Waals surface area contributed by atoms with Crippen molar-refractivity contribution >= 4 is 5.91 Å². The first kappa shape index (κ1) is 11.5. The van der Waals surface area contributed by atoms with Crippen molar-refractivity contribution in [3.63, 3.8) is 0 Å². The summed E-state index contributed by atoms with van der Waals surface area (Å²) in [7, 11) is 3.93. The van der Waals surface area contributed by atoms with Crippen LogP contribution in [0.5, 0.6) is 0 Å². The van der Waals surface area contributed by atoms with E-state index in [0.29, 0.717) is 0 Å². The number of carbonyl (C=O) groups excluding carboxylic acids is 1. The summed E-state index contributed by atoms with van der Waals surface area (Å²) in [6.45, 7) is 5.90. The fourth-order valence-electron chi connectivity index (χ4n) is 1.68. The normalized spacial score (nSPS) is 22.4. The number of likely N-dealkylation sites (tertiary alicyclic amines) is 1. The van der Waals surface area contributed by atoms with Crippen LogP contribution >= 0.6 is 0 Å². The van der Waals surface area contributed by atoms with Crippen molar-refractivity contribution in [2.24, 2.45) is 0 Å². The fourth-order valence-corrected chi connectivity index (χ4v) is 1.68. The molecule has 1 unspecified atom stereocenters. The van der Waals surface area contributed by atoms with E-state index < -0.39 is 0 Å². The van der Waals surface area contributed by atoms with Crippen LogP contribution in [-0.2, 0) is 4.79 Å². The van der Waals surface area contributed by atoms with Gasteiger partial charge in [0.2, 0.25) is 5.91 Å². The molecule has 14 heavy (non-hydrogen) atoms. The Morgan fingerprint density at radius 1 is 1.64 bits per heavy atom. The molecule has 1 rings (SSSR count). The molecule has 1 amide bonds. The Bertz CT molecular complexity index is 196. The molecule has 0 aromatic heterocycles. The Balaban J connectivity index is 2.29. The summed E-state index contributed by atoms with van der Waals surface area (Å²) >= 11 is 0. The smallest absolute Gasteiger partial charge is 0.239 e. The molecule has 4 nitrogen and oxygen atoms in total. The maximum Gasteiger partial charge on any atom is 0.239 e. The van der Waals surface area contributed by atoms with Gasteiger partial charge in [0.25, 0.3) is 0 Å². The number of amides is 1. The Morgan fingerprint density at radius 3 is 2.86 bits per heavy atom. The maximum absolute atomic E-state index is 11.7. The number of carbonyl (C=O) groups is 1. The SMILES string of the molecule is CCN(C)CCN1CCC(NC)C1=O. The molecule has 0 aromatic rings. The molecule has 0 aromatic carbocycles. The lowest BCUT2D eigenvalue weighted by molar-refractivity contribution is -0.129. The van der Waals surface area contributed by atoms with Crippen LogP contribution in [0.1, 0.15) is 13.3 Å². The molecule has 0 saturated carbocycles. The molecule has 1 atom stereocenters. The minimum Gasteiger partial charge on any atom is -0.340 e. The van der Waals surface area contributed by atoms with Gasteiger partial charge < -0.3 is 15.1 Å². The summed E-state index contributed by atoms with van der Waals surface area (Å²) in [6.07, 6.45) is 0.950. The molecule has 82 valence electrons. The second-order valence-electron chi connectivity index (χ2n) is 3.85. The van der Waals surface area contributed by atoms with Crippen LogP contribution in [-0.4, -0.2) is 62.0 Å². The van der Waals surface area contributed by atoms with Gasteiger partial charge in [0.15, 0.2) is 0 Å². The van der Waals surface area contributed by atoms with E-state index in [0.717, 1.165) is 32.6 Å². The third kappa shape index (κ3) is 2.69. The second kappa shape index (κ2) is 5.32. The van der Waals surface area contributed by atoms with E-state index >= 15 is 0 Å². The molecule has 0 aliphatic carbocycles. The molecule has 0 radical (unpaired) electrons. The van der Waals surface area contributed by atoms with Crippen LogP contribution < -0.4 is 5.32 Å². The molecule has 0 bridgehead atoms. The van der Waals surface area contributed by atoms with E-state index in [1.807, 2.05) is 11.9 Å². The number of nitrogens with one attached hydrogen (secondary N) is 1. The maximum atomic E-state index is 11.7. The van der Waals surface area contributed by atoms with Gasteiger partial charge in [-0.1, -0.05) is 6.92 Å². The summed E-state index contributed by atoms with van der Waals surface area (Å²) in [4.78, 5) is 15.9. The molecule has 4 heteroatoms. The highest BCUT2D eigenvalue weighted by Gasteiger charge is 2.29. The van der Waals surface area contributed by atoms with Crippen molar-refractivity contribution in [3.05, 3.63) is 0 Å². The Kier molecular flexibility index (Phi) is 4.35. The quantitative estimate of drug-likeness (QED) is 0.664. The van der Waals surface area contributed by atoms with Gasteiger partial charge in [0, 0.05) is 19.6 Å². The standard InChI is InChI=1S/C10H21N3O/c1-4-12(3)7-8-13-6-5-9(11-2)10(13)14/h9,11H,4-8H2,1-3H3. The molecular weight excluding hydrogens is 178 g/mol. The van der Waals surface area contributed by atoms with Gasteiger partial charge in [-0.05, 0) is 27.1 Å². The molecule has 0 spiro atoms. The topological polar surface area (TPSA) is 35.6 Å². The number of rotatable bonds is 5. The van der Waals surface area contributed by atoms with Crippen molar-refractivity contribution in [1.29, 1.82) is 0 Å². The average molecular weight is 199 g/mol. The summed E-state index contributed by atoms with van der Waals surface area (Å²) < 4.78 is 0. The second-order valence-corrected chi connectivity index (χ2v) is 3.85. The van der Waals surface area contributed by atoms with Crippen LogP contribution in [0.15, 0.2) is 0 Å². The zero-order chi connectivity index (χ0) is 10.6. The summed E-state index contributed by atoms with van der Waals surface area (Å²) in [5, 5.41) is 3.04. The van der Waals surface area contributed by atoms with Crippen molar-refractivity contribution < 1.29 is 4.79 Å². The minimum atomic E-state index is 0.0573. The van der Waals surface area contributed by atoms with Gasteiger partial charge in [-0.2, -0.15) is 0 Å². The largest absolute Gasteiger partial charge is 0.340 e. The molecule has 1 heterocycles. The van der Waals surface area contributed by atoms with E-state index in [1.165, 1.54) is 0 Å². The van der Waals surface area contributed by atoms with E-state index in [2.05, 4.69) is 24.2 Å². The fraction of sp³-hybridized carbons (Fsp3) is 0.900. The zero-order valence-corrected chi connectivity index (χ0v) is 9.42. The Labute approximate surface area is 86.2 Å². The highest BCUT2D eigenvalue weighted by molar-refractivity contribution is 5.83. The van der Waals surface area contributed by atoms with E-state index in [-0.39, 0.29) is 11.9 Å². The lowest BCUT2D eigenvalue weighted by Crippen LogP contribution is -2.39. The van der Waals surface area contributed by atoms with Crippen molar-refractivity contribution in [3.8, 4) is 0 Å². The van der Waals surface area contributed by atoms with Crippen LogP contribution in [0, 0.1) is 0 Å². The van der Waals surface area contributed by atoms with Crippen LogP contribution in [0.2, 0.25) is 0 Å². The number of hydrogen-bond donors (Lipinski definition) is 1. The molecule has 1 aliphatic rings. The van der Waals surface area contributed by atoms with Crippen molar-refractivity contribution in [2.45, 2.75) is 19.4 Å². The molecule has 1 N–H and O–H groups in total. The zero-order valence-electron chi connectivity index (χ0n) is 9.42. The molecular formula is C10H21N3O. The monoisotopic (exact) mass is 199 g/mol. The van der Waals surface area contributed by atoms with Crippen LogP contribution in [0.4, 0.5) is 0 Å². The van der Waals surface area contributed by atoms with Crippen LogP contribution in [0.3, 0.4) is 0 Å². The van der Waals surface area contributed by atoms with E-state index in [4.69, 9.17) is 0 Å². The van der Waals surface area contributed by atoms with E-state index in [1.54, 1.807) is 0 Å². The van der Waals surface area contributed by atoms with Crippen molar-refractivity contribution in [1.82, 2.24) is 15.1 Å². The van der Waals surface area contributed by atoms with Gasteiger partial charge >= 0.3 is 0 Å². The Morgan fingerprint density at radius 2 is 2.36 bits per heavy atom. The Hall–Kier alpha value is -0.610. The van der Waals surface area contributed by atoms with Gasteiger partial charge in [0.05, 0.1) is 6.04 Å². The highest BCUT2D eigenvalue weighted by atomic mass is 16.2. The van der Waals surface area contributed by atoms with Gasteiger partial charge in [-0.15, -0.1) is 0 Å². The van der Waals surface area contributed by atoms with Gasteiger partial charge in [-0.3, -0.25) is 4.79 Å². The lowest BCUT2D eigenvalue weighted by atomic mass is 10.3. The predicted octanol–water partition coefficient (Wildman–Crippen LogP) is -0.242. The first-order valence-corrected chi connectivity index (χ1v) is 5.33. The highest BCUT2D eigenvalue weighted by Crippen LogP contribution is 2.09. The van der Waals surface area contributed by atoms with Crippen molar-refractivity contribution in [2.75, 3.05) is 40.3 Å². The van der Waals surface area contributed by atoms with E-state index in [9.17, 15) is 4.79 Å². The number of likely N-dealkylation sites (N-methyl/N-ethyl adjacent to an activating group) is 2. The number of nitrogens with zero attached hydrogens (tertiary/aromatic N) is 2. The van der Waals surface area contributed by atoms with Crippen LogP contribution in [0.25, 0.3) is 0 Å². The first-order chi connectivity index (χ1) is 6.69. The summed E-state index contributed by atoms with van der Waals surface area (Å²) in [5.41, 5.74) is 0.